The van der Waals surface area contributed by atoms with E-state index >= 15 is 0 Å². The molecule has 1 N–H and O–H groups in total. The lowest BCUT2D eigenvalue weighted by Gasteiger charge is -2.12. The second-order valence-electron chi connectivity index (χ2n) is 3.78. The molecule has 0 unspecified atom stereocenters. The maximum atomic E-state index is 11.9. The molecule has 16 heavy (non-hydrogen) atoms. The predicted octanol–water partition coefficient (Wildman–Crippen LogP) is 1.81. The fraction of sp³-hybridized carbons (Fsp3) is 0.556. The van der Waals surface area contributed by atoms with E-state index in [2.05, 4.69) is 14.7 Å². The summed E-state index contributed by atoms with van der Waals surface area (Å²) in [5, 5.41) is -0.139. The SMILES string of the molecule is O=S(=O)(Nc1cncc(Cl)n1)C1CCCC1. The van der Waals surface area contributed by atoms with Crippen LogP contribution in [0.2, 0.25) is 5.15 Å². The molecule has 2 rings (SSSR count). The standard InChI is InChI=1S/C9H12ClN3O2S/c10-8-5-11-6-9(12-8)13-16(14,15)7-3-1-2-4-7/h5-7H,1-4H2,(H,12,13). The number of nitrogens with one attached hydrogen (secondary N) is 1. The highest BCUT2D eigenvalue weighted by molar-refractivity contribution is 7.93. The summed E-state index contributed by atoms with van der Waals surface area (Å²) in [6.07, 6.45) is 6.06. The molecule has 0 aromatic carbocycles. The quantitative estimate of drug-likeness (QED) is 0.901. The van der Waals surface area contributed by atoms with Gasteiger partial charge in [0.05, 0.1) is 17.6 Å². The Bertz CT molecular complexity index is 471. The average Bonchev–Trinajstić information content (AvgIpc) is 2.69. The first-order valence-corrected chi connectivity index (χ1v) is 6.99. The van der Waals surface area contributed by atoms with Gasteiger partial charge < -0.3 is 0 Å². The van der Waals surface area contributed by atoms with Crippen LogP contribution in [-0.2, 0) is 10.0 Å². The normalized spacial score (nSPS) is 17.6. The zero-order valence-corrected chi connectivity index (χ0v) is 10.1. The highest BCUT2D eigenvalue weighted by Crippen LogP contribution is 2.25. The first-order chi connectivity index (χ1) is 7.58. The molecule has 0 atom stereocenters. The van der Waals surface area contributed by atoms with Crippen LogP contribution in [0.4, 0.5) is 5.82 Å². The van der Waals surface area contributed by atoms with E-state index in [1.165, 1.54) is 12.4 Å². The van der Waals surface area contributed by atoms with Crippen LogP contribution in [0.15, 0.2) is 12.4 Å². The van der Waals surface area contributed by atoms with Crippen molar-refractivity contribution in [1.29, 1.82) is 0 Å². The van der Waals surface area contributed by atoms with Gasteiger partial charge in [0.1, 0.15) is 5.15 Å². The molecule has 88 valence electrons. The van der Waals surface area contributed by atoms with Crippen molar-refractivity contribution in [3.05, 3.63) is 17.5 Å². The van der Waals surface area contributed by atoms with Gasteiger partial charge in [0.2, 0.25) is 10.0 Å². The Kier molecular flexibility index (Phi) is 3.30. The van der Waals surface area contributed by atoms with Gasteiger partial charge >= 0.3 is 0 Å². The summed E-state index contributed by atoms with van der Waals surface area (Å²) in [5.41, 5.74) is 0. The predicted molar refractivity (Wildman–Crippen MR) is 61.8 cm³/mol. The lowest BCUT2D eigenvalue weighted by molar-refractivity contribution is 0.585. The fourth-order valence-electron chi connectivity index (χ4n) is 1.82. The number of hydrogen-bond donors (Lipinski definition) is 1. The van der Waals surface area contributed by atoms with Crippen molar-refractivity contribution in [2.75, 3.05) is 4.72 Å². The molecule has 1 aliphatic carbocycles. The Balaban J connectivity index is 2.14. The van der Waals surface area contributed by atoms with E-state index in [1.807, 2.05) is 0 Å². The number of aromatic nitrogens is 2. The molecule has 1 saturated carbocycles. The second kappa shape index (κ2) is 4.55. The number of sulfonamides is 1. The Morgan fingerprint density at radius 3 is 2.62 bits per heavy atom. The van der Waals surface area contributed by atoms with Crippen LogP contribution in [0.3, 0.4) is 0 Å². The molecule has 1 aromatic rings. The molecule has 7 heteroatoms. The largest absolute Gasteiger partial charge is 0.266 e. The van der Waals surface area contributed by atoms with Crippen molar-refractivity contribution in [3.8, 4) is 0 Å². The minimum atomic E-state index is -3.34. The molecule has 1 aromatic heterocycles. The van der Waals surface area contributed by atoms with Crippen molar-refractivity contribution in [3.63, 3.8) is 0 Å². The van der Waals surface area contributed by atoms with E-state index < -0.39 is 10.0 Å². The molecule has 5 nitrogen and oxygen atoms in total. The molecule has 0 saturated heterocycles. The molecule has 0 amide bonds. The van der Waals surface area contributed by atoms with Gasteiger partial charge in [0, 0.05) is 0 Å². The van der Waals surface area contributed by atoms with Gasteiger partial charge in [-0.3, -0.25) is 9.71 Å². The maximum Gasteiger partial charge on any atom is 0.236 e. The van der Waals surface area contributed by atoms with Gasteiger partial charge in [-0.05, 0) is 12.8 Å². The number of rotatable bonds is 3. The van der Waals surface area contributed by atoms with Gasteiger partial charge in [-0.15, -0.1) is 0 Å². The average molecular weight is 262 g/mol. The zero-order valence-electron chi connectivity index (χ0n) is 8.56. The van der Waals surface area contributed by atoms with Crippen molar-refractivity contribution in [2.45, 2.75) is 30.9 Å². The third-order valence-electron chi connectivity index (χ3n) is 2.59. The first kappa shape index (κ1) is 11.6. The molecule has 1 heterocycles. The summed E-state index contributed by atoms with van der Waals surface area (Å²) in [6, 6.07) is 0. The third kappa shape index (κ3) is 2.62. The molecule has 0 radical (unpaired) electrons. The molecule has 0 aliphatic heterocycles. The van der Waals surface area contributed by atoms with Crippen molar-refractivity contribution in [2.24, 2.45) is 0 Å². The Hall–Kier alpha value is -0.880. The summed E-state index contributed by atoms with van der Waals surface area (Å²) in [5.74, 6) is 0.180. The molecule has 0 bridgehead atoms. The van der Waals surface area contributed by atoms with Gasteiger partial charge in [0.25, 0.3) is 0 Å². The maximum absolute atomic E-state index is 11.9. The summed E-state index contributed by atoms with van der Waals surface area (Å²) < 4.78 is 26.2. The first-order valence-electron chi connectivity index (χ1n) is 5.07. The summed E-state index contributed by atoms with van der Waals surface area (Å²) in [7, 11) is -3.34. The van der Waals surface area contributed by atoms with Crippen LogP contribution in [-0.4, -0.2) is 23.6 Å². The molecule has 0 spiro atoms. The van der Waals surface area contributed by atoms with E-state index in [1.54, 1.807) is 0 Å². The Morgan fingerprint density at radius 2 is 2.00 bits per heavy atom. The van der Waals surface area contributed by atoms with E-state index in [0.717, 1.165) is 12.8 Å². The molecular weight excluding hydrogens is 250 g/mol. The Morgan fingerprint density at radius 1 is 1.31 bits per heavy atom. The van der Waals surface area contributed by atoms with Gasteiger partial charge in [-0.2, -0.15) is 0 Å². The van der Waals surface area contributed by atoms with Crippen LogP contribution >= 0.6 is 11.6 Å². The monoisotopic (exact) mass is 261 g/mol. The number of anilines is 1. The van der Waals surface area contributed by atoms with Crippen LogP contribution in [0, 0.1) is 0 Å². The fourth-order valence-corrected chi connectivity index (χ4v) is 3.48. The van der Waals surface area contributed by atoms with Crippen molar-refractivity contribution < 1.29 is 8.42 Å². The van der Waals surface area contributed by atoms with Crippen LogP contribution in [0.1, 0.15) is 25.7 Å². The van der Waals surface area contributed by atoms with Gasteiger partial charge in [0.15, 0.2) is 5.82 Å². The highest BCUT2D eigenvalue weighted by atomic mass is 35.5. The van der Waals surface area contributed by atoms with Crippen molar-refractivity contribution >= 4 is 27.4 Å². The topological polar surface area (TPSA) is 72.0 Å². The van der Waals surface area contributed by atoms with E-state index in [9.17, 15) is 8.42 Å². The summed E-state index contributed by atoms with van der Waals surface area (Å²) in [4.78, 5) is 7.62. The smallest absolute Gasteiger partial charge is 0.236 e. The number of halogens is 1. The van der Waals surface area contributed by atoms with E-state index in [0.29, 0.717) is 12.8 Å². The minimum Gasteiger partial charge on any atom is -0.266 e. The second-order valence-corrected chi connectivity index (χ2v) is 6.13. The molecule has 1 aliphatic rings. The van der Waals surface area contributed by atoms with Crippen molar-refractivity contribution in [1.82, 2.24) is 9.97 Å². The highest BCUT2D eigenvalue weighted by Gasteiger charge is 2.28. The third-order valence-corrected chi connectivity index (χ3v) is 4.62. The molecular formula is C9H12ClN3O2S. The van der Waals surface area contributed by atoms with Gasteiger partial charge in [-0.25, -0.2) is 13.4 Å². The lowest BCUT2D eigenvalue weighted by Crippen LogP contribution is -2.25. The van der Waals surface area contributed by atoms with E-state index in [-0.39, 0.29) is 16.2 Å². The minimum absolute atomic E-state index is 0.173. The summed E-state index contributed by atoms with van der Waals surface area (Å²) >= 11 is 5.62. The number of nitrogens with zero attached hydrogens (tertiary/aromatic N) is 2. The van der Waals surface area contributed by atoms with E-state index in [4.69, 9.17) is 11.6 Å². The van der Waals surface area contributed by atoms with Crippen LogP contribution < -0.4 is 4.72 Å². The Labute approximate surface area is 99.3 Å². The van der Waals surface area contributed by atoms with Crippen LogP contribution in [0.25, 0.3) is 0 Å². The van der Waals surface area contributed by atoms with Gasteiger partial charge in [-0.1, -0.05) is 24.4 Å². The molecule has 1 fully saturated rings. The lowest BCUT2D eigenvalue weighted by atomic mass is 10.4. The van der Waals surface area contributed by atoms with Crippen LogP contribution in [0.5, 0.6) is 0 Å². The number of hydrogen-bond acceptors (Lipinski definition) is 4. The summed E-state index contributed by atoms with van der Waals surface area (Å²) in [6.45, 7) is 0. The zero-order chi connectivity index (χ0) is 11.6.